The van der Waals surface area contributed by atoms with Gasteiger partial charge >= 0.3 is 0 Å². The van der Waals surface area contributed by atoms with Crippen molar-refractivity contribution in [3.8, 4) is 0 Å². The second-order valence-electron chi connectivity index (χ2n) is 4.00. The molecule has 0 aromatic heterocycles. The Morgan fingerprint density at radius 2 is 1.96 bits per heavy atom. The number of nitrogens with one attached hydrogen (secondary N) is 1. The van der Waals surface area contributed by atoms with Crippen molar-refractivity contribution in [3.05, 3.63) is 70.3 Å². The Hall–Kier alpha value is -2.12. The Balaban J connectivity index is 0.000000409. The predicted octanol–water partition coefficient (Wildman–Crippen LogP) is 2.54. The molecule has 1 amide bonds. The Bertz CT molecular complexity index is 626. The number of aromatic carboxylic acids is 1. The van der Waals surface area contributed by atoms with Crippen LogP contribution in [0.1, 0.15) is 17.3 Å². The Labute approximate surface area is 157 Å². The van der Waals surface area contributed by atoms with Gasteiger partial charge in [0, 0.05) is 44.6 Å². The number of carbonyl (C=O) groups is 2. The molecular weight excluding hydrogens is 377 g/mol. The molecule has 0 unspecified atom stereocenters. The van der Waals surface area contributed by atoms with E-state index in [2.05, 4.69) is 17.4 Å². The number of benzene rings is 2. The first-order chi connectivity index (χ1) is 10.4. The Morgan fingerprint density at radius 1 is 1.26 bits per heavy atom. The van der Waals surface area contributed by atoms with Crippen LogP contribution < -0.4 is 5.32 Å². The molecule has 0 saturated heterocycles. The fourth-order valence-electron chi connectivity index (χ4n) is 1.34. The quantitative estimate of drug-likeness (QED) is 0.476. The molecule has 7 nitrogen and oxygen atoms in total. The van der Waals surface area contributed by atoms with Gasteiger partial charge in [0.25, 0.3) is 0 Å². The van der Waals surface area contributed by atoms with E-state index in [0.717, 1.165) is 23.9 Å². The second-order valence-corrected chi connectivity index (χ2v) is 4.00. The molecule has 0 aliphatic carbocycles. The molecule has 2 N–H and O–H groups in total. The van der Waals surface area contributed by atoms with Crippen molar-refractivity contribution in [1.82, 2.24) is 0 Å². The number of nitrogens with zero attached hydrogens (tertiary/aromatic N) is 1. The summed E-state index contributed by atoms with van der Waals surface area (Å²) in [6.45, 7) is 1.48. The summed E-state index contributed by atoms with van der Waals surface area (Å²) in [5.74, 6) is -1.20. The van der Waals surface area contributed by atoms with Crippen LogP contribution in [-0.2, 0) is 37.5 Å². The molecule has 1 radical (unpaired) electrons. The Morgan fingerprint density at radius 3 is 2.35 bits per heavy atom. The van der Waals surface area contributed by atoms with E-state index in [1.54, 1.807) is 12.1 Å². The van der Waals surface area contributed by atoms with Crippen LogP contribution in [0.3, 0.4) is 0 Å². The summed E-state index contributed by atoms with van der Waals surface area (Å²) in [7, 11) is 0. The minimum atomic E-state index is -1.15. The molecule has 0 bridgehead atoms. The van der Waals surface area contributed by atoms with Crippen molar-refractivity contribution in [2.45, 2.75) is 6.92 Å². The van der Waals surface area contributed by atoms with E-state index in [1.165, 1.54) is 6.92 Å². The molecule has 0 heterocycles. The molecule has 2 aromatic carbocycles. The molecule has 2 rings (SSSR count). The van der Waals surface area contributed by atoms with Crippen molar-refractivity contribution in [3.63, 3.8) is 0 Å². The first kappa shape index (κ1) is 20.9. The van der Waals surface area contributed by atoms with E-state index >= 15 is 0 Å². The van der Waals surface area contributed by atoms with Gasteiger partial charge in [0.1, 0.15) is 0 Å². The van der Waals surface area contributed by atoms with Gasteiger partial charge in [-0.2, -0.15) is 24.3 Å². The van der Waals surface area contributed by atoms with E-state index in [1.807, 2.05) is 12.1 Å². The maximum atomic E-state index is 10.5. The van der Waals surface area contributed by atoms with Crippen molar-refractivity contribution in [2.75, 3.05) is 5.32 Å². The monoisotopic (exact) mass is 389 g/mol. The zero-order valence-corrected chi connectivity index (χ0v) is 15.0. The van der Waals surface area contributed by atoms with Crippen LogP contribution in [0.25, 0.3) is 0 Å². The maximum absolute atomic E-state index is 10.5. The number of carboxylic acids is 1. The van der Waals surface area contributed by atoms with Crippen LogP contribution in [0.5, 0.6) is 0 Å². The molecule has 0 atom stereocenters. The van der Waals surface area contributed by atoms with Crippen molar-refractivity contribution < 1.29 is 52.3 Å². The van der Waals surface area contributed by atoms with E-state index < -0.39 is 10.9 Å². The largest absolute Gasteiger partial charge is 0.521 e. The molecule has 23 heavy (non-hydrogen) atoms. The van der Waals surface area contributed by atoms with E-state index in [9.17, 15) is 19.7 Å². The smallest absolute Gasteiger partial charge is 0.247 e. The molecule has 0 aliphatic rings. The average molecular weight is 389 g/mol. The summed E-state index contributed by atoms with van der Waals surface area (Å²) < 4.78 is 0. The number of non-ortho nitro benzene ring substituents is 1. The third-order valence-electron chi connectivity index (χ3n) is 2.26. The summed E-state index contributed by atoms with van der Waals surface area (Å²) in [6.07, 6.45) is 0. The van der Waals surface area contributed by atoms with Gasteiger partial charge in [0.05, 0.1) is 0 Å². The minimum absolute atomic E-state index is 0. The first-order valence-corrected chi connectivity index (χ1v) is 6.03. The molecule has 0 saturated carbocycles. The van der Waals surface area contributed by atoms with Gasteiger partial charge < -0.3 is 15.2 Å². The van der Waals surface area contributed by atoms with Gasteiger partial charge in [0.15, 0.2) is 5.69 Å². The van der Waals surface area contributed by atoms with Crippen molar-refractivity contribution in [1.29, 1.82) is 0 Å². The standard InChI is InChI=1S/C8H8NO.C7H4NO4.Y/c1-7(10)9-8-5-3-2-4-6-8;9-7(10)5-1-3-6(4-2-5)8(11)12;/h2-3,5-6H,1H3,(H,9,10);1,3-4H,(H,9,10);/q2*-1;. The number of carboxylic acid groups (broad SMARTS) is 1. The van der Waals surface area contributed by atoms with Gasteiger partial charge in [0.2, 0.25) is 11.9 Å². The van der Waals surface area contributed by atoms with Crippen molar-refractivity contribution in [2.24, 2.45) is 0 Å². The van der Waals surface area contributed by atoms with Crippen LogP contribution in [-0.4, -0.2) is 21.9 Å². The molecule has 117 valence electrons. The summed E-state index contributed by atoms with van der Waals surface area (Å²) in [4.78, 5) is 30.3. The first-order valence-electron chi connectivity index (χ1n) is 6.03. The van der Waals surface area contributed by atoms with Crippen LogP contribution in [0.15, 0.2) is 42.5 Å². The van der Waals surface area contributed by atoms with Gasteiger partial charge in [-0.15, -0.1) is 18.2 Å². The maximum Gasteiger partial charge on any atom is 0.247 e. The third kappa shape index (κ3) is 8.18. The van der Waals surface area contributed by atoms with E-state index in [4.69, 9.17) is 5.11 Å². The number of anilines is 1. The molecule has 2 aromatic rings. The Kier molecular flexibility index (Phi) is 9.61. The minimum Gasteiger partial charge on any atom is -0.521 e. The van der Waals surface area contributed by atoms with E-state index in [-0.39, 0.29) is 49.9 Å². The fourth-order valence-corrected chi connectivity index (χ4v) is 1.34. The van der Waals surface area contributed by atoms with Crippen LogP contribution in [0, 0.1) is 22.2 Å². The zero-order valence-electron chi connectivity index (χ0n) is 12.1. The average Bonchev–Trinajstić information content (AvgIpc) is 2.48. The van der Waals surface area contributed by atoms with Crippen LogP contribution in [0.4, 0.5) is 11.4 Å². The third-order valence-corrected chi connectivity index (χ3v) is 2.26. The van der Waals surface area contributed by atoms with Crippen molar-refractivity contribution >= 4 is 23.3 Å². The fraction of sp³-hybridized carbons (Fsp3) is 0.0667. The van der Waals surface area contributed by atoms with E-state index in [0.29, 0.717) is 0 Å². The predicted molar refractivity (Wildman–Crippen MR) is 78.5 cm³/mol. The number of rotatable bonds is 3. The number of nitro benzene ring substituents is 1. The topological polar surface area (TPSA) is 110 Å². The van der Waals surface area contributed by atoms with Gasteiger partial charge in [-0.3, -0.25) is 14.9 Å². The number of carbonyl (C=O) groups excluding carboxylic acids is 1. The molecule has 0 fully saturated rings. The van der Waals surface area contributed by atoms with Gasteiger partial charge in [-0.05, 0) is 0 Å². The molecule has 8 heteroatoms. The summed E-state index contributed by atoms with van der Waals surface area (Å²) in [5, 5.41) is 21.2. The molecular formula is C15H12N2O5Y-2. The number of hydrogen-bond donors (Lipinski definition) is 2. The van der Waals surface area contributed by atoms with Gasteiger partial charge in [-0.25, -0.2) is 0 Å². The SMILES string of the molecule is CC(=O)Nc1c[c-]ccc1.O=C(O)c1[c-]cc([N+](=O)[O-])cc1.[Y]. The van der Waals surface area contributed by atoms with Gasteiger partial charge in [-0.1, -0.05) is 23.4 Å². The summed E-state index contributed by atoms with van der Waals surface area (Å²) in [5.41, 5.74) is 0.538. The number of nitro groups is 1. The second kappa shape index (κ2) is 10.6. The number of hydrogen-bond acceptors (Lipinski definition) is 4. The summed E-state index contributed by atoms with van der Waals surface area (Å²) >= 11 is 0. The summed E-state index contributed by atoms with van der Waals surface area (Å²) in [6, 6.07) is 15.6. The number of amides is 1. The van der Waals surface area contributed by atoms with Crippen LogP contribution in [0.2, 0.25) is 0 Å². The molecule has 0 spiro atoms. The normalized spacial score (nSPS) is 8.74. The van der Waals surface area contributed by atoms with Crippen LogP contribution >= 0.6 is 0 Å². The zero-order chi connectivity index (χ0) is 16.5. The molecule has 0 aliphatic heterocycles.